The maximum absolute atomic E-state index is 12.4. The van der Waals surface area contributed by atoms with E-state index in [-0.39, 0.29) is 11.7 Å². The zero-order chi connectivity index (χ0) is 23.0. The SMILES string of the molecule is COc1ccc(/C=N/NC(=O)CSc2nc3ccccc3n2Cc2ccccc2)cc1OC. The van der Waals surface area contributed by atoms with E-state index in [0.29, 0.717) is 18.0 Å². The molecular weight excluding hydrogens is 436 g/mol. The van der Waals surface area contributed by atoms with Crippen molar-refractivity contribution in [3.63, 3.8) is 0 Å². The predicted molar refractivity (Wildman–Crippen MR) is 131 cm³/mol. The average molecular weight is 461 g/mol. The van der Waals surface area contributed by atoms with E-state index in [1.165, 1.54) is 17.3 Å². The quantitative estimate of drug-likeness (QED) is 0.228. The molecule has 0 atom stereocenters. The van der Waals surface area contributed by atoms with Crippen LogP contribution in [0.15, 0.2) is 83.1 Å². The van der Waals surface area contributed by atoms with E-state index in [4.69, 9.17) is 14.5 Å². The van der Waals surface area contributed by atoms with Crippen molar-refractivity contribution in [2.75, 3.05) is 20.0 Å². The number of thioether (sulfide) groups is 1. The number of imidazole rings is 1. The molecule has 0 saturated carbocycles. The number of hydrogen-bond acceptors (Lipinski definition) is 6. The van der Waals surface area contributed by atoms with Crippen molar-refractivity contribution in [2.24, 2.45) is 5.10 Å². The van der Waals surface area contributed by atoms with E-state index in [2.05, 4.69) is 27.2 Å². The highest BCUT2D eigenvalue weighted by Gasteiger charge is 2.13. The molecule has 0 bridgehead atoms. The molecule has 0 aliphatic carbocycles. The van der Waals surface area contributed by atoms with Crippen LogP contribution in [0, 0.1) is 0 Å². The largest absolute Gasteiger partial charge is 0.493 e. The lowest BCUT2D eigenvalue weighted by molar-refractivity contribution is -0.118. The zero-order valence-corrected chi connectivity index (χ0v) is 19.2. The molecule has 1 aromatic heterocycles. The van der Waals surface area contributed by atoms with Crippen LogP contribution < -0.4 is 14.9 Å². The Morgan fingerprint density at radius 3 is 2.58 bits per heavy atom. The number of ether oxygens (including phenoxy) is 2. The van der Waals surface area contributed by atoms with Crippen LogP contribution >= 0.6 is 11.8 Å². The molecule has 0 unspecified atom stereocenters. The first-order valence-corrected chi connectivity index (χ1v) is 11.3. The standard InChI is InChI=1S/C25H24N4O3S/c1-31-22-13-12-19(14-23(22)32-2)15-26-28-24(30)17-33-25-27-20-10-6-7-11-21(20)29(25)16-18-8-4-3-5-9-18/h3-15H,16-17H2,1-2H3,(H,28,30)/b26-15+. The molecule has 33 heavy (non-hydrogen) atoms. The van der Waals surface area contributed by atoms with Gasteiger partial charge in [0.1, 0.15) is 0 Å². The number of methoxy groups -OCH3 is 2. The molecule has 0 spiro atoms. The Bertz CT molecular complexity index is 1270. The third-order valence-corrected chi connectivity index (χ3v) is 5.92. The van der Waals surface area contributed by atoms with Gasteiger partial charge in [0.2, 0.25) is 0 Å². The van der Waals surface area contributed by atoms with Gasteiger partial charge in [0.05, 0.1) is 43.8 Å². The number of hydrogen-bond donors (Lipinski definition) is 1. The van der Waals surface area contributed by atoms with Gasteiger partial charge < -0.3 is 14.0 Å². The summed E-state index contributed by atoms with van der Waals surface area (Å²) in [5.74, 6) is 1.21. The molecule has 1 heterocycles. The second-order valence-corrected chi connectivity index (χ2v) is 8.09. The van der Waals surface area contributed by atoms with Gasteiger partial charge in [-0.25, -0.2) is 10.4 Å². The lowest BCUT2D eigenvalue weighted by Crippen LogP contribution is -2.20. The number of benzene rings is 3. The molecule has 0 saturated heterocycles. The fourth-order valence-corrected chi connectivity index (χ4v) is 4.16. The van der Waals surface area contributed by atoms with Gasteiger partial charge in [0.25, 0.3) is 5.91 Å². The number of fused-ring (bicyclic) bond motifs is 1. The Morgan fingerprint density at radius 2 is 1.79 bits per heavy atom. The average Bonchev–Trinajstić information content (AvgIpc) is 3.20. The second-order valence-electron chi connectivity index (χ2n) is 7.15. The minimum Gasteiger partial charge on any atom is -0.493 e. The maximum Gasteiger partial charge on any atom is 0.250 e. The highest BCUT2D eigenvalue weighted by Crippen LogP contribution is 2.27. The van der Waals surface area contributed by atoms with Crippen LogP contribution in [0.2, 0.25) is 0 Å². The summed E-state index contributed by atoms with van der Waals surface area (Å²) < 4.78 is 12.6. The fourth-order valence-electron chi connectivity index (χ4n) is 3.36. The maximum atomic E-state index is 12.4. The lowest BCUT2D eigenvalue weighted by Gasteiger charge is -2.09. The van der Waals surface area contributed by atoms with Crippen molar-refractivity contribution in [3.8, 4) is 11.5 Å². The summed E-state index contributed by atoms with van der Waals surface area (Å²) in [6.45, 7) is 0.683. The second kappa shape index (κ2) is 10.7. The molecule has 1 N–H and O–H groups in total. The van der Waals surface area contributed by atoms with Gasteiger partial charge in [0, 0.05) is 0 Å². The highest BCUT2D eigenvalue weighted by atomic mass is 32.2. The molecule has 4 rings (SSSR count). The number of carbonyl (C=O) groups excluding carboxylic acids is 1. The van der Waals surface area contributed by atoms with E-state index in [1.54, 1.807) is 32.6 Å². The van der Waals surface area contributed by atoms with Crippen LogP contribution in [0.5, 0.6) is 11.5 Å². The number of nitrogens with one attached hydrogen (secondary N) is 1. The number of amides is 1. The van der Waals surface area contributed by atoms with Gasteiger partial charge in [-0.3, -0.25) is 4.79 Å². The first-order chi connectivity index (χ1) is 16.2. The van der Waals surface area contributed by atoms with Gasteiger partial charge in [-0.1, -0.05) is 54.2 Å². The first kappa shape index (κ1) is 22.4. The van der Waals surface area contributed by atoms with Gasteiger partial charge in [-0.15, -0.1) is 0 Å². The molecule has 4 aromatic rings. The predicted octanol–water partition coefficient (Wildman–Crippen LogP) is 4.34. The van der Waals surface area contributed by atoms with Crippen molar-refractivity contribution < 1.29 is 14.3 Å². The van der Waals surface area contributed by atoms with Crippen LogP contribution in [0.25, 0.3) is 11.0 Å². The smallest absolute Gasteiger partial charge is 0.250 e. The number of nitrogens with zero attached hydrogens (tertiary/aromatic N) is 3. The van der Waals surface area contributed by atoms with Crippen LogP contribution in [0.4, 0.5) is 0 Å². The van der Waals surface area contributed by atoms with E-state index in [0.717, 1.165) is 21.8 Å². The van der Waals surface area contributed by atoms with Gasteiger partial charge in [-0.05, 0) is 41.5 Å². The number of carbonyl (C=O) groups is 1. The summed E-state index contributed by atoms with van der Waals surface area (Å²) in [5.41, 5.74) is 6.47. The molecule has 0 aliphatic heterocycles. The Kier molecular flexibility index (Phi) is 7.26. The molecule has 0 fully saturated rings. The van der Waals surface area contributed by atoms with Crippen molar-refractivity contribution >= 4 is 34.9 Å². The number of rotatable bonds is 9. The minimum absolute atomic E-state index is 0.196. The van der Waals surface area contributed by atoms with Crippen LogP contribution in [0.1, 0.15) is 11.1 Å². The van der Waals surface area contributed by atoms with Crippen molar-refractivity contribution in [2.45, 2.75) is 11.7 Å². The highest BCUT2D eigenvalue weighted by molar-refractivity contribution is 7.99. The number of hydrazone groups is 1. The van der Waals surface area contributed by atoms with E-state index >= 15 is 0 Å². The zero-order valence-electron chi connectivity index (χ0n) is 18.4. The summed E-state index contributed by atoms with van der Waals surface area (Å²) in [7, 11) is 3.15. The molecule has 0 aliphatic rings. The van der Waals surface area contributed by atoms with Crippen molar-refractivity contribution in [1.82, 2.24) is 15.0 Å². The molecule has 1 amide bonds. The third-order valence-electron chi connectivity index (χ3n) is 4.95. The van der Waals surface area contributed by atoms with Gasteiger partial charge >= 0.3 is 0 Å². The van der Waals surface area contributed by atoms with Crippen LogP contribution in [-0.2, 0) is 11.3 Å². The molecule has 168 valence electrons. The van der Waals surface area contributed by atoms with Crippen molar-refractivity contribution in [1.29, 1.82) is 0 Å². The lowest BCUT2D eigenvalue weighted by atomic mass is 10.2. The normalized spacial score (nSPS) is 11.1. The summed E-state index contributed by atoms with van der Waals surface area (Å²) in [5, 5.41) is 4.85. The Morgan fingerprint density at radius 1 is 1.03 bits per heavy atom. The van der Waals surface area contributed by atoms with Crippen molar-refractivity contribution in [3.05, 3.63) is 83.9 Å². The van der Waals surface area contributed by atoms with Gasteiger partial charge in [-0.2, -0.15) is 5.10 Å². The van der Waals surface area contributed by atoms with E-state index in [9.17, 15) is 4.79 Å². The molecule has 7 nitrogen and oxygen atoms in total. The molecule has 3 aromatic carbocycles. The monoisotopic (exact) mass is 460 g/mol. The Balaban J connectivity index is 1.41. The topological polar surface area (TPSA) is 77.7 Å². The summed E-state index contributed by atoms with van der Waals surface area (Å²) >= 11 is 1.39. The summed E-state index contributed by atoms with van der Waals surface area (Å²) in [4.78, 5) is 17.1. The number of aromatic nitrogens is 2. The van der Waals surface area contributed by atoms with E-state index < -0.39 is 0 Å². The van der Waals surface area contributed by atoms with Gasteiger partial charge in [0.15, 0.2) is 16.7 Å². The summed E-state index contributed by atoms with van der Waals surface area (Å²) in [6.07, 6.45) is 1.56. The Labute approximate surface area is 196 Å². The van der Waals surface area contributed by atoms with E-state index in [1.807, 2.05) is 48.5 Å². The minimum atomic E-state index is -0.213. The molecule has 0 radical (unpaired) electrons. The fraction of sp³-hybridized carbons (Fsp3) is 0.160. The van der Waals surface area contributed by atoms with Crippen LogP contribution in [0.3, 0.4) is 0 Å². The number of para-hydroxylation sites is 2. The summed E-state index contributed by atoms with van der Waals surface area (Å²) in [6, 6.07) is 23.6. The Hall–Kier alpha value is -3.78. The molecular formula is C25H24N4O3S. The van der Waals surface area contributed by atoms with Crippen LogP contribution in [-0.4, -0.2) is 41.6 Å². The third kappa shape index (κ3) is 5.53. The first-order valence-electron chi connectivity index (χ1n) is 10.3. The molecule has 8 heteroatoms.